The molecule has 9 heteroatoms. The first-order chi connectivity index (χ1) is 18.1. The van der Waals surface area contributed by atoms with Crippen molar-refractivity contribution in [3.63, 3.8) is 0 Å². The molecule has 5 rings (SSSR count). The Morgan fingerprint density at radius 3 is 2.70 bits per heavy atom. The Morgan fingerprint density at radius 2 is 1.86 bits per heavy atom. The lowest BCUT2D eigenvalue weighted by Crippen LogP contribution is -2.32. The second-order valence-electron chi connectivity index (χ2n) is 9.80. The number of H-pyrrole nitrogens is 1. The Kier molecular flexibility index (Phi) is 7.67. The summed E-state index contributed by atoms with van der Waals surface area (Å²) < 4.78 is 3.52. The molecule has 1 aliphatic carbocycles. The van der Waals surface area contributed by atoms with E-state index in [1.165, 1.54) is 0 Å². The number of hydrogen-bond acceptors (Lipinski definition) is 6. The van der Waals surface area contributed by atoms with Crippen LogP contribution in [-0.4, -0.2) is 40.5 Å². The van der Waals surface area contributed by atoms with Crippen LogP contribution in [0, 0.1) is 0 Å². The molecular formula is C28H33N7O2. The first-order valence-electron chi connectivity index (χ1n) is 13.3. The molecule has 1 aliphatic rings. The highest BCUT2D eigenvalue weighted by Crippen LogP contribution is 2.26. The minimum atomic E-state index is -0.359. The van der Waals surface area contributed by atoms with E-state index >= 15 is 0 Å². The van der Waals surface area contributed by atoms with Crippen LogP contribution < -0.4 is 5.69 Å². The average Bonchev–Trinajstić information content (AvgIpc) is 3.55. The Hall–Kier alpha value is -3.88. The van der Waals surface area contributed by atoms with Gasteiger partial charge in [0.25, 0.3) is 0 Å². The van der Waals surface area contributed by atoms with E-state index in [0.29, 0.717) is 18.8 Å². The zero-order chi connectivity index (χ0) is 25.6. The number of hydrogen-bond donors (Lipinski definition) is 1. The summed E-state index contributed by atoms with van der Waals surface area (Å²) in [5.41, 5.74) is 4.54. The molecule has 9 nitrogen and oxygen atoms in total. The quantitative estimate of drug-likeness (QED) is 0.375. The molecule has 0 spiro atoms. The molecule has 3 heterocycles. The number of tetrazole rings is 1. The summed E-state index contributed by atoms with van der Waals surface area (Å²) >= 11 is 0. The van der Waals surface area contributed by atoms with E-state index in [-0.39, 0.29) is 17.5 Å². The van der Waals surface area contributed by atoms with Crippen molar-refractivity contribution < 1.29 is 4.79 Å². The number of ketones is 1. The van der Waals surface area contributed by atoms with Crippen molar-refractivity contribution in [1.82, 2.24) is 34.7 Å². The molecule has 37 heavy (non-hydrogen) atoms. The third-order valence-corrected chi connectivity index (χ3v) is 7.18. The number of Topliss-reactive ketones (excluding diaryl/α,β-unsaturated/α-hetero) is 1. The zero-order valence-corrected chi connectivity index (χ0v) is 21.3. The van der Waals surface area contributed by atoms with Crippen LogP contribution >= 0.6 is 0 Å². The molecule has 1 unspecified atom stereocenters. The minimum Gasteiger partial charge on any atom is -0.297 e. The van der Waals surface area contributed by atoms with E-state index in [9.17, 15) is 9.59 Å². The van der Waals surface area contributed by atoms with Gasteiger partial charge < -0.3 is 0 Å². The summed E-state index contributed by atoms with van der Waals surface area (Å²) in [6.45, 7) is 2.51. The van der Waals surface area contributed by atoms with Gasteiger partial charge in [-0.15, -0.1) is 5.10 Å². The lowest BCUT2D eigenvalue weighted by Gasteiger charge is -2.19. The lowest BCUT2D eigenvalue weighted by molar-refractivity contribution is -0.122. The number of nitrogens with zero attached hydrogens (tertiary/aromatic N) is 6. The molecule has 0 amide bonds. The standard InChI is InChI=1S/C28H33N7O2/c1-2-3-11-24-19-35(25-12-6-4-5-7-13-26(25)36)28(37)34(24)18-23-17-21(14-15-29-23)20-9-8-10-22(16-20)27-30-32-33-31-27/h8-10,14-17,19,25H,2-7,11-13,18H2,1H3,(H,30,31,32,33). The fourth-order valence-corrected chi connectivity index (χ4v) is 5.14. The first kappa shape index (κ1) is 24.8. The van der Waals surface area contributed by atoms with Gasteiger partial charge >= 0.3 is 5.69 Å². The second-order valence-corrected chi connectivity index (χ2v) is 9.80. The van der Waals surface area contributed by atoms with Crippen LogP contribution in [-0.2, 0) is 17.8 Å². The molecule has 1 N–H and O–H groups in total. The summed E-state index contributed by atoms with van der Waals surface area (Å²) in [6, 6.07) is 11.6. The Bertz CT molecular complexity index is 1400. The number of pyridine rings is 1. The van der Waals surface area contributed by atoms with Crippen molar-refractivity contribution in [2.75, 3.05) is 0 Å². The predicted octanol–water partition coefficient (Wildman–Crippen LogP) is 4.75. The molecule has 0 radical (unpaired) electrons. The van der Waals surface area contributed by atoms with E-state index in [0.717, 1.165) is 79.4 Å². The average molecular weight is 500 g/mol. The number of rotatable bonds is 8. The minimum absolute atomic E-state index is 0.114. The van der Waals surface area contributed by atoms with Gasteiger partial charge in [0.05, 0.1) is 18.3 Å². The van der Waals surface area contributed by atoms with E-state index in [1.807, 2.05) is 47.2 Å². The molecule has 1 saturated carbocycles. The Labute approximate surface area is 216 Å². The summed E-state index contributed by atoms with van der Waals surface area (Å²) in [6.07, 6.45) is 11.9. The van der Waals surface area contributed by atoms with Gasteiger partial charge in [0.2, 0.25) is 0 Å². The van der Waals surface area contributed by atoms with E-state index in [4.69, 9.17) is 0 Å². The summed E-state index contributed by atoms with van der Waals surface area (Å²) in [5.74, 6) is 0.788. The highest BCUT2D eigenvalue weighted by molar-refractivity contribution is 5.82. The van der Waals surface area contributed by atoms with Gasteiger partial charge in [-0.05, 0) is 65.4 Å². The highest BCUT2D eigenvalue weighted by Gasteiger charge is 2.25. The number of imidazole rings is 1. The summed E-state index contributed by atoms with van der Waals surface area (Å²) in [5, 5.41) is 14.1. The van der Waals surface area contributed by atoms with Gasteiger partial charge in [0, 0.05) is 30.1 Å². The van der Waals surface area contributed by atoms with Crippen LogP contribution in [0.15, 0.2) is 53.6 Å². The number of aromatic amines is 1. The smallest absolute Gasteiger partial charge is 0.297 e. The van der Waals surface area contributed by atoms with Gasteiger partial charge in [0.1, 0.15) is 0 Å². The number of unbranched alkanes of at least 4 members (excludes halogenated alkanes) is 1. The largest absolute Gasteiger partial charge is 0.329 e. The zero-order valence-electron chi connectivity index (χ0n) is 21.3. The van der Waals surface area contributed by atoms with Crippen LogP contribution in [0.3, 0.4) is 0 Å². The molecule has 1 fully saturated rings. The molecule has 0 aliphatic heterocycles. The fraction of sp³-hybridized carbons (Fsp3) is 0.429. The van der Waals surface area contributed by atoms with Gasteiger partial charge in [0.15, 0.2) is 11.6 Å². The van der Waals surface area contributed by atoms with Crippen LogP contribution in [0.1, 0.15) is 75.7 Å². The molecule has 1 atom stereocenters. The summed E-state index contributed by atoms with van der Waals surface area (Å²) in [4.78, 5) is 31.2. The third kappa shape index (κ3) is 5.60. The SMILES string of the molecule is CCCCc1cn(C2CCCCCCC2=O)c(=O)n1Cc1cc(-c2cccc(-c3nnn[nH]3)c2)ccn1. The molecule has 4 aromatic rings. The van der Waals surface area contributed by atoms with Gasteiger partial charge in [-0.2, -0.15) is 0 Å². The van der Waals surface area contributed by atoms with Crippen molar-refractivity contribution >= 4 is 5.78 Å². The van der Waals surface area contributed by atoms with Crippen LogP contribution in [0.5, 0.6) is 0 Å². The number of benzene rings is 1. The molecular weight excluding hydrogens is 466 g/mol. The van der Waals surface area contributed by atoms with Crippen molar-refractivity contribution in [3.05, 3.63) is 70.7 Å². The van der Waals surface area contributed by atoms with E-state index in [2.05, 4.69) is 32.5 Å². The van der Waals surface area contributed by atoms with Crippen molar-refractivity contribution in [2.45, 2.75) is 77.3 Å². The number of carbonyl (C=O) groups excluding carboxylic acids is 1. The van der Waals surface area contributed by atoms with Crippen molar-refractivity contribution in [1.29, 1.82) is 0 Å². The molecule has 3 aromatic heterocycles. The van der Waals surface area contributed by atoms with Crippen LogP contribution in [0.4, 0.5) is 0 Å². The lowest BCUT2D eigenvalue weighted by atomic mass is 9.95. The number of aryl methyl sites for hydroxylation is 1. The van der Waals surface area contributed by atoms with Gasteiger partial charge in [-0.25, -0.2) is 9.89 Å². The van der Waals surface area contributed by atoms with Crippen LogP contribution in [0.25, 0.3) is 22.5 Å². The normalized spacial score (nSPS) is 16.5. The maximum atomic E-state index is 13.7. The van der Waals surface area contributed by atoms with Crippen molar-refractivity contribution in [2.24, 2.45) is 0 Å². The van der Waals surface area contributed by atoms with E-state index in [1.54, 1.807) is 10.8 Å². The second kappa shape index (κ2) is 11.5. The Balaban J connectivity index is 1.46. The molecule has 192 valence electrons. The third-order valence-electron chi connectivity index (χ3n) is 7.18. The molecule has 0 saturated heterocycles. The maximum Gasteiger partial charge on any atom is 0.329 e. The van der Waals surface area contributed by atoms with Crippen LogP contribution in [0.2, 0.25) is 0 Å². The predicted molar refractivity (Wildman–Crippen MR) is 141 cm³/mol. The summed E-state index contributed by atoms with van der Waals surface area (Å²) in [7, 11) is 0. The monoisotopic (exact) mass is 499 g/mol. The van der Waals surface area contributed by atoms with Gasteiger partial charge in [-0.3, -0.25) is 18.9 Å². The van der Waals surface area contributed by atoms with E-state index < -0.39 is 0 Å². The maximum absolute atomic E-state index is 13.7. The number of aromatic nitrogens is 7. The molecule has 0 bridgehead atoms. The topological polar surface area (TPSA) is 111 Å². The Morgan fingerprint density at radius 1 is 1.03 bits per heavy atom. The first-order valence-corrected chi connectivity index (χ1v) is 13.3. The highest BCUT2D eigenvalue weighted by atomic mass is 16.2. The molecule has 1 aromatic carbocycles. The fourth-order valence-electron chi connectivity index (χ4n) is 5.14. The number of nitrogens with one attached hydrogen (secondary N) is 1. The number of carbonyl (C=O) groups is 1. The van der Waals surface area contributed by atoms with Gasteiger partial charge in [-0.1, -0.05) is 50.8 Å². The van der Waals surface area contributed by atoms with Crippen molar-refractivity contribution in [3.8, 4) is 22.5 Å².